The maximum atomic E-state index is 7.23. The normalized spacial score (nSPS) is 13.7. The van der Waals surface area contributed by atoms with Crippen LogP contribution in [0.5, 0.6) is 0 Å². The van der Waals surface area contributed by atoms with E-state index in [0.717, 1.165) is 111 Å². The molecule has 0 bridgehead atoms. The van der Waals surface area contributed by atoms with Gasteiger partial charge in [0.15, 0.2) is 11.2 Å². The molecule has 4 heteroatoms. The first kappa shape index (κ1) is 53.0. The number of anilines is 6. The Hall–Kier alpha value is -11.7. The standard InChI is InChI=1S/C90H60N2O2/c1-89(2)73-33-17-15-29-61(73)63-41-37-55(49-75(63)89)71-51-79(91(57-23-7-5-8-24-57)77-35-19-31-69-83-59-27-13-11-21-53(59)39-47-81(83)93-87(69)77)67-46-44-66-72(56-38-42-64-62-30-16-18-34-74(62)90(3,4)76(64)50-56)52-80(68-45-43-65(71)85(67)86(66)68)92(58-25-9-6-10-26-58)78-36-20-32-70-84-60-28-14-12-22-54(60)40-48-82(84)94-88(70)78/h5-52H,1-4H3. The van der Waals surface area contributed by atoms with Crippen molar-refractivity contribution >= 4 is 132 Å². The SMILES string of the molecule is CC1(C)c2ccccc2-c2ccc(-c3cc(N(c4ccccc4)c4cccc5c4oc4ccc6ccccc6c45)c4ccc5c(-c6ccc7c(c6)C(C)(C)c6ccccc6-7)cc(N(c6ccccc6)c6cccc7c6oc6ccc8ccccc8c67)c6ccc3c4c56)cc21. The van der Waals surface area contributed by atoms with Crippen LogP contribution in [0.3, 0.4) is 0 Å². The summed E-state index contributed by atoms with van der Waals surface area (Å²) in [5.74, 6) is 0. The molecule has 20 rings (SSSR count). The quantitative estimate of drug-likeness (QED) is 0.142. The molecule has 0 unspecified atom stereocenters. The van der Waals surface area contributed by atoms with Crippen molar-refractivity contribution in [2.45, 2.75) is 38.5 Å². The van der Waals surface area contributed by atoms with Crippen LogP contribution in [0.15, 0.2) is 300 Å². The minimum Gasteiger partial charge on any atom is -0.454 e. The number of hydrogen-bond donors (Lipinski definition) is 0. The fourth-order valence-corrected chi connectivity index (χ4v) is 17.0. The molecule has 2 aliphatic rings. The Balaban J connectivity index is 0.934. The topological polar surface area (TPSA) is 32.8 Å². The van der Waals surface area contributed by atoms with Crippen molar-refractivity contribution in [1.29, 1.82) is 0 Å². The molecule has 2 aromatic heterocycles. The fraction of sp³-hybridized carbons (Fsp3) is 0.0667. The molecule has 0 saturated heterocycles. The molecule has 0 spiro atoms. The van der Waals surface area contributed by atoms with Crippen LogP contribution in [0.4, 0.5) is 34.1 Å². The molecule has 18 aromatic rings. The van der Waals surface area contributed by atoms with Crippen LogP contribution in [0.2, 0.25) is 0 Å². The minimum atomic E-state index is -0.224. The van der Waals surface area contributed by atoms with Crippen molar-refractivity contribution in [3.8, 4) is 44.5 Å². The molecule has 0 N–H and O–H groups in total. The lowest BCUT2D eigenvalue weighted by atomic mass is 9.80. The Morgan fingerprint density at radius 2 is 0.628 bits per heavy atom. The highest BCUT2D eigenvalue weighted by Gasteiger charge is 2.38. The average Bonchev–Trinajstić information content (AvgIpc) is 0.776. The van der Waals surface area contributed by atoms with Crippen LogP contribution >= 0.6 is 0 Å². The van der Waals surface area contributed by atoms with Gasteiger partial charge in [-0.15, -0.1) is 0 Å². The van der Waals surface area contributed by atoms with E-state index >= 15 is 0 Å². The summed E-state index contributed by atoms with van der Waals surface area (Å²) in [4.78, 5) is 4.94. The van der Waals surface area contributed by atoms with E-state index in [1.807, 2.05) is 0 Å². The number of hydrogen-bond acceptors (Lipinski definition) is 4. The number of rotatable bonds is 8. The summed E-state index contributed by atoms with van der Waals surface area (Å²) in [6, 6.07) is 108. The summed E-state index contributed by atoms with van der Waals surface area (Å²) in [5.41, 5.74) is 24.2. The molecule has 16 aromatic carbocycles. The highest BCUT2D eigenvalue weighted by molar-refractivity contribution is 6.33. The molecule has 442 valence electrons. The second-order valence-electron chi connectivity index (χ2n) is 27.0. The van der Waals surface area contributed by atoms with E-state index in [0.29, 0.717) is 0 Å². The Bertz CT molecular complexity index is 5860. The molecule has 0 radical (unpaired) electrons. The summed E-state index contributed by atoms with van der Waals surface area (Å²) < 4.78 is 14.5. The largest absolute Gasteiger partial charge is 0.454 e. The maximum Gasteiger partial charge on any atom is 0.159 e. The maximum absolute atomic E-state index is 7.23. The Kier molecular flexibility index (Phi) is 10.9. The third-order valence-corrected chi connectivity index (χ3v) is 21.4. The molecule has 94 heavy (non-hydrogen) atoms. The lowest BCUT2D eigenvalue weighted by molar-refractivity contribution is 0.660. The van der Waals surface area contributed by atoms with Crippen molar-refractivity contribution < 1.29 is 8.83 Å². The monoisotopic (exact) mass is 1200 g/mol. The van der Waals surface area contributed by atoms with Crippen LogP contribution in [0.1, 0.15) is 49.9 Å². The van der Waals surface area contributed by atoms with E-state index in [9.17, 15) is 0 Å². The molecular formula is C90H60N2O2. The van der Waals surface area contributed by atoms with Crippen LogP contribution in [0, 0.1) is 0 Å². The van der Waals surface area contributed by atoms with Gasteiger partial charge in [0.25, 0.3) is 0 Å². The number of fused-ring (bicyclic) bond motifs is 16. The first-order valence-electron chi connectivity index (χ1n) is 32.8. The van der Waals surface area contributed by atoms with Crippen molar-refractivity contribution in [1.82, 2.24) is 0 Å². The van der Waals surface area contributed by atoms with Crippen LogP contribution in [-0.4, -0.2) is 0 Å². The zero-order valence-electron chi connectivity index (χ0n) is 52.4. The van der Waals surface area contributed by atoms with Gasteiger partial charge in [0.1, 0.15) is 11.2 Å². The molecule has 0 amide bonds. The van der Waals surface area contributed by atoms with Crippen LogP contribution in [0.25, 0.3) is 142 Å². The second kappa shape index (κ2) is 19.4. The van der Waals surface area contributed by atoms with Crippen LogP contribution < -0.4 is 9.80 Å². The Morgan fingerprint density at radius 3 is 1.09 bits per heavy atom. The van der Waals surface area contributed by atoms with Gasteiger partial charge in [-0.2, -0.15) is 0 Å². The van der Waals surface area contributed by atoms with Crippen molar-refractivity contribution in [2.24, 2.45) is 0 Å². The lowest BCUT2D eigenvalue weighted by Gasteiger charge is -2.31. The summed E-state index contributed by atoms with van der Waals surface area (Å²) in [6.07, 6.45) is 0. The third kappa shape index (κ3) is 7.34. The van der Waals surface area contributed by atoms with Crippen molar-refractivity contribution in [2.75, 3.05) is 9.80 Å². The van der Waals surface area contributed by atoms with Gasteiger partial charge in [0, 0.05) is 65.3 Å². The molecule has 2 heterocycles. The van der Waals surface area contributed by atoms with Gasteiger partial charge >= 0.3 is 0 Å². The van der Waals surface area contributed by atoms with Gasteiger partial charge in [0.2, 0.25) is 0 Å². The zero-order valence-corrected chi connectivity index (χ0v) is 52.4. The van der Waals surface area contributed by atoms with Gasteiger partial charge in [-0.1, -0.05) is 246 Å². The third-order valence-electron chi connectivity index (χ3n) is 21.4. The first-order chi connectivity index (χ1) is 46.2. The first-order valence-corrected chi connectivity index (χ1v) is 32.8. The van der Waals surface area contributed by atoms with Gasteiger partial charge in [-0.25, -0.2) is 0 Å². The molecule has 0 atom stereocenters. The molecule has 4 nitrogen and oxygen atoms in total. The van der Waals surface area contributed by atoms with Gasteiger partial charge in [-0.05, 0) is 172 Å². The van der Waals surface area contributed by atoms with E-state index < -0.39 is 0 Å². The fourth-order valence-electron chi connectivity index (χ4n) is 17.0. The van der Waals surface area contributed by atoms with E-state index in [1.165, 1.54) is 87.6 Å². The predicted molar refractivity (Wildman–Crippen MR) is 395 cm³/mol. The predicted octanol–water partition coefficient (Wildman–Crippen LogP) is 25.6. The van der Waals surface area contributed by atoms with Crippen molar-refractivity contribution in [3.05, 3.63) is 313 Å². The van der Waals surface area contributed by atoms with E-state index in [4.69, 9.17) is 8.83 Å². The molecule has 0 aliphatic heterocycles. The summed E-state index contributed by atoms with van der Waals surface area (Å²) in [6.45, 7) is 9.55. The smallest absolute Gasteiger partial charge is 0.159 e. The number of para-hydroxylation sites is 4. The van der Waals surface area contributed by atoms with E-state index in [1.54, 1.807) is 0 Å². The van der Waals surface area contributed by atoms with Gasteiger partial charge in [-0.3, -0.25) is 0 Å². The van der Waals surface area contributed by atoms with E-state index in [2.05, 4.69) is 329 Å². The van der Waals surface area contributed by atoms with Crippen molar-refractivity contribution in [3.63, 3.8) is 0 Å². The minimum absolute atomic E-state index is 0.224. The van der Waals surface area contributed by atoms with Gasteiger partial charge in [0.05, 0.1) is 22.7 Å². The Labute approximate surface area is 543 Å². The number of benzene rings is 16. The average molecular weight is 1200 g/mol. The molecule has 0 fully saturated rings. The van der Waals surface area contributed by atoms with E-state index in [-0.39, 0.29) is 10.8 Å². The number of furan rings is 2. The second-order valence-corrected chi connectivity index (χ2v) is 27.0. The molecule has 0 saturated carbocycles. The summed E-state index contributed by atoms with van der Waals surface area (Å²) in [7, 11) is 0. The highest BCUT2D eigenvalue weighted by Crippen LogP contribution is 2.57. The Morgan fingerprint density at radius 1 is 0.245 bits per heavy atom. The summed E-state index contributed by atoms with van der Waals surface area (Å²) in [5, 5.41) is 16.1. The lowest BCUT2D eigenvalue weighted by Crippen LogP contribution is -2.15. The molecule has 2 aliphatic carbocycles. The highest BCUT2D eigenvalue weighted by atomic mass is 16.3. The van der Waals surface area contributed by atoms with Crippen LogP contribution in [-0.2, 0) is 10.8 Å². The summed E-state index contributed by atoms with van der Waals surface area (Å²) >= 11 is 0. The number of nitrogens with zero attached hydrogens (tertiary/aromatic N) is 2. The molecular weight excluding hydrogens is 1140 g/mol. The zero-order chi connectivity index (χ0) is 62.3. The van der Waals surface area contributed by atoms with Gasteiger partial charge < -0.3 is 18.6 Å².